The zero-order chi connectivity index (χ0) is 30.1. The Balaban J connectivity index is 1.53. The van der Waals surface area contributed by atoms with Crippen molar-refractivity contribution in [3.8, 4) is 11.1 Å². The lowest BCUT2D eigenvalue weighted by Crippen LogP contribution is -2.42. The number of anilines is 2. The molecule has 0 saturated carbocycles. The highest BCUT2D eigenvalue weighted by Gasteiger charge is 2.51. The number of aromatic nitrogens is 4. The van der Waals surface area contributed by atoms with Crippen LogP contribution in [-0.2, 0) is 36.3 Å². The number of fused-ring (bicyclic) bond motifs is 1. The summed E-state index contributed by atoms with van der Waals surface area (Å²) in [6.07, 6.45) is 6.35. The van der Waals surface area contributed by atoms with Gasteiger partial charge in [0.05, 0.1) is 11.9 Å². The van der Waals surface area contributed by atoms with Gasteiger partial charge in [0.2, 0.25) is 5.95 Å². The van der Waals surface area contributed by atoms with E-state index in [0.717, 1.165) is 16.7 Å². The largest absolute Gasteiger partial charge is 0.464 e. The molecule has 42 heavy (non-hydrogen) atoms. The second-order valence-electron chi connectivity index (χ2n) is 9.75. The van der Waals surface area contributed by atoms with Crippen LogP contribution in [0.1, 0.15) is 25.8 Å². The van der Waals surface area contributed by atoms with Gasteiger partial charge in [0.25, 0.3) is 15.9 Å². The van der Waals surface area contributed by atoms with E-state index in [4.69, 9.17) is 27.9 Å². The summed E-state index contributed by atoms with van der Waals surface area (Å²) < 4.78 is 35.8. The predicted molar refractivity (Wildman–Crippen MR) is 157 cm³/mol. The normalized spacial score (nSPS) is 16.5. The van der Waals surface area contributed by atoms with Crippen LogP contribution in [0.2, 0.25) is 10.0 Å². The summed E-state index contributed by atoms with van der Waals surface area (Å²) >= 11 is 12.5. The number of hydrogen-bond acceptors (Lipinski definition) is 8. The van der Waals surface area contributed by atoms with Crippen molar-refractivity contribution in [2.45, 2.75) is 37.3 Å². The molecule has 2 aromatic heterocycles. The molecule has 2 aromatic carbocycles. The number of halogens is 2. The number of hydrogen-bond donors (Lipinski definition) is 1. The first-order valence-corrected chi connectivity index (χ1v) is 15.2. The first-order chi connectivity index (χ1) is 20.0. The third-order valence-electron chi connectivity index (χ3n) is 6.79. The molecule has 1 atom stereocenters. The van der Waals surface area contributed by atoms with Crippen LogP contribution in [-0.4, -0.2) is 53.0 Å². The Morgan fingerprint density at radius 3 is 2.33 bits per heavy atom. The van der Waals surface area contributed by atoms with Crippen molar-refractivity contribution in [3.05, 3.63) is 83.0 Å². The first kappa shape index (κ1) is 29.6. The fraction of sp³-hybridized carbons (Fsp3) is 0.250. The van der Waals surface area contributed by atoms with Gasteiger partial charge in [-0.25, -0.2) is 33.0 Å². The minimum absolute atomic E-state index is 0.0941. The SMILES string of the molecule is CCC(=O)OCCNS(=O)(=O)c1cnc2n1[C@](C)(Cc1ccc(-c3cncnc3)cc1)C(=O)N2c1cc(Cl)cc(Cl)c1. The van der Waals surface area contributed by atoms with Crippen molar-refractivity contribution < 1.29 is 22.7 Å². The van der Waals surface area contributed by atoms with Crippen molar-refractivity contribution in [2.75, 3.05) is 18.1 Å². The van der Waals surface area contributed by atoms with E-state index < -0.39 is 27.4 Å². The van der Waals surface area contributed by atoms with Gasteiger partial charge in [0.1, 0.15) is 18.5 Å². The molecule has 0 fully saturated rings. The molecule has 0 saturated heterocycles. The van der Waals surface area contributed by atoms with Crippen LogP contribution in [0.5, 0.6) is 0 Å². The highest BCUT2D eigenvalue weighted by Crippen LogP contribution is 2.44. The van der Waals surface area contributed by atoms with Crippen molar-refractivity contribution >= 4 is 56.7 Å². The molecule has 1 aliphatic heterocycles. The van der Waals surface area contributed by atoms with Crippen LogP contribution in [0.3, 0.4) is 0 Å². The monoisotopic (exact) mass is 628 g/mol. The summed E-state index contributed by atoms with van der Waals surface area (Å²) in [6.45, 7) is 3.00. The molecule has 14 heteroatoms. The molecular weight excluding hydrogens is 603 g/mol. The molecule has 1 aliphatic rings. The summed E-state index contributed by atoms with van der Waals surface area (Å²) in [6, 6.07) is 12.1. The maximum atomic E-state index is 14.2. The fourth-order valence-corrected chi connectivity index (χ4v) is 6.53. The molecule has 218 valence electrons. The molecule has 3 heterocycles. The second kappa shape index (κ2) is 11.8. The number of nitrogens with zero attached hydrogens (tertiary/aromatic N) is 5. The van der Waals surface area contributed by atoms with Crippen molar-refractivity contribution in [1.29, 1.82) is 0 Å². The van der Waals surface area contributed by atoms with Crippen LogP contribution in [0.4, 0.5) is 11.6 Å². The Bertz CT molecular complexity index is 1730. The Hall–Kier alpha value is -3.84. The minimum Gasteiger partial charge on any atom is -0.464 e. The molecule has 5 rings (SSSR count). The van der Waals surface area contributed by atoms with Gasteiger partial charge in [-0.05, 0) is 36.2 Å². The summed E-state index contributed by atoms with van der Waals surface area (Å²) in [5.41, 5.74) is 1.43. The number of benzene rings is 2. The topological polar surface area (TPSA) is 136 Å². The lowest BCUT2D eigenvalue weighted by Gasteiger charge is -2.27. The number of carbonyl (C=O) groups excluding carboxylic acids is 2. The van der Waals surface area contributed by atoms with E-state index in [1.165, 1.54) is 28.1 Å². The molecular formula is C28H26Cl2N6O5S. The Morgan fingerprint density at radius 1 is 1.02 bits per heavy atom. The Kier molecular flexibility index (Phi) is 8.33. The number of esters is 1. The second-order valence-corrected chi connectivity index (χ2v) is 12.3. The molecule has 1 N–H and O–H groups in total. The van der Waals surface area contributed by atoms with Crippen molar-refractivity contribution in [2.24, 2.45) is 0 Å². The van der Waals surface area contributed by atoms with Gasteiger partial charge in [0, 0.05) is 47.4 Å². The molecule has 11 nitrogen and oxygen atoms in total. The van der Waals surface area contributed by atoms with Gasteiger partial charge in [-0.2, -0.15) is 0 Å². The molecule has 0 aliphatic carbocycles. The fourth-order valence-electron chi connectivity index (χ4n) is 4.80. The number of carbonyl (C=O) groups is 2. The number of ether oxygens (including phenoxy) is 1. The molecule has 1 amide bonds. The summed E-state index contributed by atoms with van der Waals surface area (Å²) in [5, 5.41) is 0.381. The third kappa shape index (κ3) is 5.75. The van der Waals surface area contributed by atoms with E-state index in [1.54, 1.807) is 38.4 Å². The third-order valence-corrected chi connectivity index (χ3v) is 8.65. The molecule has 0 unspecified atom stereocenters. The lowest BCUT2D eigenvalue weighted by atomic mass is 9.91. The Morgan fingerprint density at radius 2 is 1.69 bits per heavy atom. The van der Waals surface area contributed by atoms with Gasteiger partial charge in [-0.1, -0.05) is 54.4 Å². The zero-order valence-corrected chi connectivity index (χ0v) is 24.9. The van der Waals surface area contributed by atoms with Crippen LogP contribution in [0.25, 0.3) is 11.1 Å². The highest BCUT2D eigenvalue weighted by atomic mass is 35.5. The van der Waals surface area contributed by atoms with Crippen LogP contribution in [0, 0.1) is 0 Å². The standard InChI is InChI=1S/C28H26Cl2N6O5S/c1-3-25(37)41-9-8-34-42(39,40)24-16-33-27-35(23-11-21(29)10-22(30)12-23)26(38)28(2,36(24)27)13-18-4-6-19(7-5-18)20-14-31-17-32-15-20/h4-7,10-12,14-17,34H,3,8-9,13H2,1-2H3/t28-/m1/s1. The highest BCUT2D eigenvalue weighted by molar-refractivity contribution is 7.89. The average Bonchev–Trinajstić information content (AvgIpc) is 3.49. The van der Waals surface area contributed by atoms with Gasteiger partial charge in [-0.3, -0.25) is 14.2 Å². The molecule has 0 radical (unpaired) electrons. The van der Waals surface area contributed by atoms with Gasteiger partial charge in [-0.15, -0.1) is 0 Å². The van der Waals surface area contributed by atoms with Crippen molar-refractivity contribution in [1.82, 2.24) is 24.2 Å². The average molecular weight is 630 g/mol. The smallest absolute Gasteiger partial charge is 0.305 e. The minimum atomic E-state index is -4.18. The first-order valence-electron chi connectivity index (χ1n) is 12.9. The predicted octanol–water partition coefficient (Wildman–Crippen LogP) is 4.51. The Labute approximate surface area is 252 Å². The maximum absolute atomic E-state index is 14.2. The van der Waals surface area contributed by atoms with Crippen LogP contribution >= 0.6 is 23.2 Å². The summed E-state index contributed by atoms with van der Waals surface area (Å²) in [5.74, 6) is -0.770. The zero-order valence-electron chi connectivity index (χ0n) is 22.6. The van der Waals surface area contributed by atoms with Crippen LogP contribution < -0.4 is 9.62 Å². The summed E-state index contributed by atoms with van der Waals surface area (Å²) in [7, 11) is -4.18. The van der Waals surface area contributed by atoms with Crippen LogP contribution in [0.15, 0.2) is 72.4 Å². The number of imidazole rings is 1. The van der Waals surface area contributed by atoms with Crippen molar-refractivity contribution in [3.63, 3.8) is 0 Å². The molecule has 4 aromatic rings. The van der Waals surface area contributed by atoms with E-state index in [-0.39, 0.29) is 37.0 Å². The number of rotatable bonds is 10. The summed E-state index contributed by atoms with van der Waals surface area (Å²) in [4.78, 5) is 39.4. The van der Waals surface area contributed by atoms with E-state index in [0.29, 0.717) is 15.7 Å². The maximum Gasteiger partial charge on any atom is 0.305 e. The quantitative estimate of drug-likeness (QED) is 0.200. The molecule has 0 spiro atoms. The van der Waals surface area contributed by atoms with E-state index in [2.05, 4.69) is 19.7 Å². The molecule has 0 bridgehead atoms. The van der Waals surface area contributed by atoms with E-state index in [1.807, 2.05) is 24.3 Å². The van der Waals surface area contributed by atoms with E-state index >= 15 is 0 Å². The number of nitrogens with one attached hydrogen (secondary N) is 1. The lowest BCUT2D eigenvalue weighted by molar-refractivity contribution is -0.143. The number of sulfonamides is 1. The van der Waals surface area contributed by atoms with Gasteiger partial charge in [0.15, 0.2) is 5.03 Å². The number of amides is 1. The van der Waals surface area contributed by atoms with Gasteiger partial charge >= 0.3 is 5.97 Å². The van der Waals surface area contributed by atoms with E-state index in [9.17, 15) is 18.0 Å². The van der Waals surface area contributed by atoms with Gasteiger partial charge < -0.3 is 4.74 Å².